The minimum Gasteiger partial charge on any atom is -0.411 e. The van der Waals surface area contributed by atoms with Gasteiger partial charge in [0.25, 0.3) is 5.22 Å². The molecule has 1 aromatic heterocycles. The van der Waals surface area contributed by atoms with Gasteiger partial charge in [0.15, 0.2) is 0 Å². The van der Waals surface area contributed by atoms with Gasteiger partial charge in [-0.1, -0.05) is 61.2 Å². The second-order valence-electron chi connectivity index (χ2n) is 5.91. The molecule has 3 rings (SSSR count). The normalized spacial score (nSPS) is 11.9. The van der Waals surface area contributed by atoms with Crippen LogP contribution < -0.4 is 5.32 Å². The Kier molecular flexibility index (Phi) is 6.07. The molecule has 1 heterocycles. The van der Waals surface area contributed by atoms with Crippen molar-refractivity contribution in [3.05, 3.63) is 65.7 Å². The molecule has 0 spiro atoms. The molecule has 134 valence electrons. The van der Waals surface area contributed by atoms with Gasteiger partial charge in [0, 0.05) is 5.56 Å². The minimum atomic E-state index is -0.0680. The average Bonchev–Trinajstić information content (AvgIpc) is 3.16. The number of nitrogens with one attached hydrogen (secondary N) is 1. The van der Waals surface area contributed by atoms with E-state index in [1.54, 1.807) is 0 Å². The fourth-order valence-electron chi connectivity index (χ4n) is 2.50. The number of amides is 1. The van der Waals surface area contributed by atoms with Crippen molar-refractivity contribution < 1.29 is 9.21 Å². The molecular weight excluding hydrogens is 346 g/mol. The summed E-state index contributed by atoms with van der Waals surface area (Å²) in [7, 11) is 0. The zero-order chi connectivity index (χ0) is 18.4. The zero-order valence-corrected chi connectivity index (χ0v) is 15.6. The largest absolute Gasteiger partial charge is 0.411 e. The summed E-state index contributed by atoms with van der Waals surface area (Å²) in [4.78, 5) is 12.2. The lowest BCUT2D eigenvalue weighted by Crippen LogP contribution is -2.28. The summed E-state index contributed by atoms with van der Waals surface area (Å²) in [6, 6.07) is 17.8. The number of benzene rings is 2. The maximum absolute atomic E-state index is 12.2. The van der Waals surface area contributed by atoms with Gasteiger partial charge in [0.1, 0.15) is 0 Å². The third kappa shape index (κ3) is 4.73. The molecule has 5 nitrogen and oxygen atoms in total. The van der Waals surface area contributed by atoms with Crippen LogP contribution in [0.3, 0.4) is 0 Å². The average molecular weight is 367 g/mol. The van der Waals surface area contributed by atoms with E-state index < -0.39 is 0 Å². The van der Waals surface area contributed by atoms with Gasteiger partial charge in [0.2, 0.25) is 11.8 Å². The summed E-state index contributed by atoms with van der Waals surface area (Å²) < 4.78 is 5.60. The highest BCUT2D eigenvalue weighted by Crippen LogP contribution is 2.23. The van der Waals surface area contributed by atoms with Crippen LogP contribution in [-0.2, 0) is 11.2 Å². The van der Waals surface area contributed by atoms with Crippen molar-refractivity contribution in [3.8, 4) is 11.5 Å². The highest BCUT2D eigenvalue weighted by molar-refractivity contribution is 7.99. The lowest BCUT2D eigenvalue weighted by atomic mass is 10.1. The molecule has 3 aromatic rings. The van der Waals surface area contributed by atoms with Gasteiger partial charge >= 0.3 is 0 Å². The number of carbonyl (C=O) groups is 1. The van der Waals surface area contributed by atoms with Crippen molar-refractivity contribution in [2.75, 3.05) is 5.75 Å². The molecule has 0 aliphatic rings. The van der Waals surface area contributed by atoms with Gasteiger partial charge in [-0.3, -0.25) is 4.79 Å². The van der Waals surface area contributed by atoms with Crippen LogP contribution in [-0.4, -0.2) is 21.9 Å². The molecular formula is C20H21N3O2S. The second-order valence-corrected chi connectivity index (χ2v) is 6.84. The number of nitrogens with zero attached hydrogens (tertiary/aromatic N) is 2. The summed E-state index contributed by atoms with van der Waals surface area (Å²) in [5.74, 6) is 0.618. The van der Waals surface area contributed by atoms with Crippen LogP contribution >= 0.6 is 11.8 Å². The molecule has 0 unspecified atom stereocenters. The zero-order valence-electron chi connectivity index (χ0n) is 14.8. The lowest BCUT2D eigenvalue weighted by Gasteiger charge is -2.14. The number of thioether (sulfide) groups is 1. The smallest absolute Gasteiger partial charge is 0.277 e. The molecule has 6 heteroatoms. The number of aryl methyl sites for hydroxylation is 1. The number of rotatable bonds is 7. The summed E-state index contributed by atoms with van der Waals surface area (Å²) >= 11 is 1.23. The van der Waals surface area contributed by atoms with E-state index in [1.165, 1.54) is 17.3 Å². The van der Waals surface area contributed by atoms with Crippen molar-refractivity contribution >= 4 is 17.7 Å². The third-order valence-electron chi connectivity index (χ3n) is 4.02. The first-order valence-electron chi connectivity index (χ1n) is 8.55. The molecule has 26 heavy (non-hydrogen) atoms. The van der Waals surface area contributed by atoms with E-state index in [4.69, 9.17) is 4.42 Å². The van der Waals surface area contributed by atoms with Crippen LogP contribution in [0, 0.1) is 0 Å². The van der Waals surface area contributed by atoms with Gasteiger partial charge in [-0.2, -0.15) is 0 Å². The molecule has 0 aliphatic carbocycles. The first-order chi connectivity index (χ1) is 12.7. The molecule has 0 fully saturated rings. The van der Waals surface area contributed by atoms with Crippen LogP contribution in [0.15, 0.2) is 64.2 Å². The van der Waals surface area contributed by atoms with Crippen molar-refractivity contribution in [2.24, 2.45) is 0 Å². The number of hydrogen-bond donors (Lipinski definition) is 1. The highest BCUT2D eigenvalue weighted by Gasteiger charge is 2.13. The third-order valence-corrected chi connectivity index (χ3v) is 4.84. The predicted octanol–water partition coefficient (Wildman–Crippen LogP) is 4.27. The maximum Gasteiger partial charge on any atom is 0.277 e. The summed E-state index contributed by atoms with van der Waals surface area (Å²) in [6.45, 7) is 4.10. The van der Waals surface area contributed by atoms with Crippen molar-refractivity contribution in [2.45, 2.75) is 31.5 Å². The summed E-state index contributed by atoms with van der Waals surface area (Å²) in [6.07, 6.45) is 1.01. The Morgan fingerprint density at radius 1 is 1.12 bits per heavy atom. The van der Waals surface area contributed by atoms with E-state index >= 15 is 0 Å². The van der Waals surface area contributed by atoms with Gasteiger partial charge in [-0.25, -0.2) is 0 Å². The molecule has 0 radical (unpaired) electrons. The van der Waals surface area contributed by atoms with E-state index in [0.29, 0.717) is 11.1 Å². The topological polar surface area (TPSA) is 68.0 Å². The fraction of sp³-hybridized carbons (Fsp3) is 0.250. The molecule has 1 N–H and O–H groups in total. The number of carbonyl (C=O) groups excluding carboxylic acids is 1. The highest BCUT2D eigenvalue weighted by atomic mass is 32.2. The molecule has 0 bridgehead atoms. The van der Waals surface area contributed by atoms with Crippen LogP contribution in [0.5, 0.6) is 0 Å². The number of hydrogen-bond acceptors (Lipinski definition) is 5. The Bertz CT molecular complexity index is 847. The molecule has 1 atom stereocenters. The quantitative estimate of drug-likeness (QED) is 0.632. The van der Waals surface area contributed by atoms with E-state index in [-0.39, 0.29) is 17.7 Å². The van der Waals surface area contributed by atoms with E-state index in [1.807, 2.05) is 37.3 Å². The minimum absolute atomic E-state index is 0.0448. The Morgan fingerprint density at radius 3 is 2.54 bits per heavy atom. The standard InChI is InChI=1S/C20H21N3O2S/c1-3-15-9-11-16(12-10-15)14(2)21-18(24)13-26-20-23-22-19(25-20)17-7-5-4-6-8-17/h4-12,14H,3,13H2,1-2H3,(H,21,24)/t14-/m1/s1. The van der Waals surface area contributed by atoms with Crippen molar-refractivity contribution in [3.63, 3.8) is 0 Å². The fourth-order valence-corrected chi connectivity index (χ4v) is 3.08. The van der Waals surface area contributed by atoms with Gasteiger partial charge in [-0.05, 0) is 36.6 Å². The van der Waals surface area contributed by atoms with Gasteiger partial charge in [-0.15, -0.1) is 10.2 Å². The first-order valence-corrected chi connectivity index (χ1v) is 9.54. The van der Waals surface area contributed by atoms with E-state index in [0.717, 1.165) is 17.5 Å². The summed E-state index contributed by atoms with van der Waals surface area (Å²) in [5, 5.41) is 11.4. The Morgan fingerprint density at radius 2 is 1.85 bits per heavy atom. The van der Waals surface area contributed by atoms with Crippen molar-refractivity contribution in [1.29, 1.82) is 0 Å². The first kappa shape index (κ1) is 18.2. The van der Waals surface area contributed by atoms with Crippen molar-refractivity contribution in [1.82, 2.24) is 15.5 Å². The maximum atomic E-state index is 12.2. The lowest BCUT2D eigenvalue weighted by molar-refractivity contribution is -0.119. The summed E-state index contributed by atoms with van der Waals surface area (Å²) in [5.41, 5.74) is 3.23. The molecule has 1 amide bonds. The van der Waals surface area contributed by atoms with Gasteiger partial charge in [0.05, 0.1) is 11.8 Å². The Labute approximate surface area is 157 Å². The monoisotopic (exact) mass is 367 g/mol. The van der Waals surface area contributed by atoms with Crippen LogP contribution in [0.4, 0.5) is 0 Å². The molecule has 0 aliphatic heterocycles. The second kappa shape index (κ2) is 8.67. The van der Waals surface area contributed by atoms with E-state index in [9.17, 15) is 4.79 Å². The Hall–Kier alpha value is -2.60. The SMILES string of the molecule is CCc1ccc([C@@H](C)NC(=O)CSc2nnc(-c3ccccc3)o2)cc1. The van der Waals surface area contributed by atoms with Crippen LogP contribution in [0.25, 0.3) is 11.5 Å². The predicted molar refractivity (Wildman–Crippen MR) is 103 cm³/mol. The van der Waals surface area contributed by atoms with E-state index in [2.05, 4.69) is 46.7 Å². The Balaban J connectivity index is 1.51. The van der Waals surface area contributed by atoms with Crippen LogP contribution in [0.2, 0.25) is 0 Å². The molecule has 2 aromatic carbocycles. The van der Waals surface area contributed by atoms with Gasteiger partial charge < -0.3 is 9.73 Å². The molecule has 0 saturated carbocycles. The number of aromatic nitrogens is 2. The molecule has 0 saturated heterocycles. The van der Waals surface area contributed by atoms with Crippen LogP contribution in [0.1, 0.15) is 31.0 Å².